The zero-order chi connectivity index (χ0) is 19.6. The fraction of sp³-hybridized carbons (Fsp3) is 0.412. The minimum Gasteiger partial charge on any atom is -0.495 e. The molecule has 2 rings (SSSR count). The molecule has 1 aromatic heterocycles. The second kappa shape index (κ2) is 10.7. The van der Waals surface area contributed by atoms with Crippen LogP contribution in [0.25, 0.3) is 0 Å². The number of thioether (sulfide) groups is 1. The van der Waals surface area contributed by atoms with Crippen LogP contribution in [0, 0.1) is 0 Å². The van der Waals surface area contributed by atoms with E-state index in [9.17, 15) is 9.59 Å². The predicted octanol–water partition coefficient (Wildman–Crippen LogP) is 2.37. The average Bonchev–Trinajstić information content (AvgIpc) is 3.12. The summed E-state index contributed by atoms with van der Waals surface area (Å²) in [7, 11) is 1.60. The molecule has 0 spiro atoms. The highest BCUT2D eigenvalue weighted by atomic mass is 32.2. The van der Waals surface area contributed by atoms with E-state index in [2.05, 4.69) is 20.8 Å². The molecule has 1 heterocycles. The summed E-state index contributed by atoms with van der Waals surface area (Å²) in [6, 6.07) is 7.52. The molecule has 0 aliphatic rings. The zero-order valence-electron chi connectivity index (χ0n) is 15.5. The van der Waals surface area contributed by atoms with Gasteiger partial charge in [0, 0.05) is 13.1 Å². The van der Waals surface area contributed by atoms with Crippen LogP contribution in [0.4, 0.5) is 10.8 Å². The summed E-state index contributed by atoms with van der Waals surface area (Å²) in [5, 5.41) is 14.7. The van der Waals surface area contributed by atoms with Crippen LogP contribution in [0.2, 0.25) is 0 Å². The number of aromatic nitrogens is 2. The molecule has 0 radical (unpaired) electrons. The maximum atomic E-state index is 12.3. The van der Waals surface area contributed by atoms with E-state index in [1.54, 1.807) is 7.11 Å². The van der Waals surface area contributed by atoms with E-state index in [0.29, 0.717) is 28.3 Å². The Labute approximate surface area is 166 Å². The van der Waals surface area contributed by atoms with Crippen LogP contribution in [-0.4, -0.2) is 59.4 Å². The number of amides is 2. The maximum Gasteiger partial charge on any atom is 0.239 e. The Bertz CT molecular complexity index is 769. The van der Waals surface area contributed by atoms with Gasteiger partial charge in [0.25, 0.3) is 0 Å². The molecule has 0 unspecified atom stereocenters. The summed E-state index contributed by atoms with van der Waals surface area (Å²) < 4.78 is 5.97. The molecule has 0 aliphatic heterocycles. The smallest absolute Gasteiger partial charge is 0.239 e. The van der Waals surface area contributed by atoms with Crippen LogP contribution in [0.1, 0.15) is 13.8 Å². The molecule has 2 amide bonds. The summed E-state index contributed by atoms with van der Waals surface area (Å²) in [5.41, 5.74) is 0.794. The zero-order valence-corrected chi connectivity index (χ0v) is 17.2. The van der Waals surface area contributed by atoms with Crippen LogP contribution in [-0.2, 0) is 9.59 Å². The van der Waals surface area contributed by atoms with E-state index in [1.165, 1.54) is 28.0 Å². The number of hydrogen-bond acceptors (Lipinski definition) is 8. The Hall–Kier alpha value is -2.33. The Morgan fingerprint density at radius 3 is 2.74 bits per heavy atom. The molecule has 2 aromatic rings. The highest BCUT2D eigenvalue weighted by Gasteiger charge is 2.16. The number of methoxy groups -OCH3 is 1. The standard InChI is InChI=1S/C17H23N5O3S2/c1-4-18-14(23)10-22(5-2)15(24)11-26-17-21-20-16(27-17)19-12-8-6-7-9-13(12)25-3/h6-9H,4-5,10-11H2,1-3H3,(H,18,23)(H,19,20). The minimum absolute atomic E-state index is 0.0699. The fourth-order valence-electron chi connectivity index (χ4n) is 2.20. The van der Waals surface area contributed by atoms with Gasteiger partial charge in [-0.2, -0.15) is 0 Å². The molecule has 0 atom stereocenters. The summed E-state index contributed by atoms with van der Waals surface area (Å²) in [4.78, 5) is 25.5. The fourth-order valence-corrected chi connectivity index (χ4v) is 3.87. The molecule has 146 valence electrons. The summed E-state index contributed by atoms with van der Waals surface area (Å²) in [6.45, 7) is 4.79. The van der Waals surface area contributed by atoms with Crippen LogP contribution >= 0.6 is 23.1 Å². The van der Waals surface area contributed by atoms with Crippen molar-refractivity contribution in [1.29, 1.82) is 0 Å². The van der Waals surface area contributed by atoms with E-state index in [0.717, 1.165) is 5.69 Å². The lowest BCUT2D eigenvalue weighted by molar-refractivity contribution is -0.133. The van der Waals surface area contributed by atoms with E-state index in [-0.39, 0.29) is 24.1 Å². The summed E-state index contributed by atoms with van der Waals surface area (Å²) >= 11 is 2.66. The summed E-state index contributed by atoms with van der Waals surface area (Å²) in [5.74, 6) is 0.650. The number of anilines is 2. The Morgan fingerprint density at radius 2 is 2.04 bits per heavy atom. The topological polar surface area (TPSA) is 96.5 Å². The van der Waals surface area contributed by atoms with Crippen LogP contribution in [0.3, 0.4) is 0 Å². The largest absolute Gasteiger partial charge is 0.495 e. The molecule has 0 fully saturated rings. The molecular formula is C17H23N5O3S2. The molecule has 0 bridgehead atoms. The second-order valence-corrected chi connectivity index (χ2v) is 7.55. The SMILES string of the molecule is CCNC(=O)CN(CC)C(=O)CSc1nnc(Nc2ccccc2OC)s1. The van der Waals surface area contributed by atoms with Gasteiger partial charge in [-0.25, -0.2) is 0 Å². The van der Waals surface area contributed by atoms with Gasteiger partial charge in [-0.05, 0) is 26.0 Å². The predicted molar refractivity (Wildman–Crippen MR) is 108 cm³/mol. The Kier molecular flexibility index (Phi) is 8.34. The van der Waals surface area contributed by atoms with Gasteiger partial charge >= 0.3 is 0 Å². The van der Waals surface area contributed by atoms with Gasteiger partial charge in [-0.15, -0.1) is 10.2 Å². The van der Waals surface area contributed by atoms with Crippen LogP contribution < -0.4 is 15.4 Å². The lowest BCUT2D eigenvalue weighted by atomic mass is 10.3. The molecule has 10 heteroatoms. The number of likely N-dealkylation sites (N-methyl/N-ethyl adjacent to an activating group) is 2. The van der Waals surface area contributed by atoms with Gasteiger partial charge in [0.1, 0.15) is 5.75 Å². The third kappa shape index (κ3) is 6.40. The number of nitrogens with zero attached hydrogens (tertiary/aromatic N) is 3. The third-order valence-corrected chi connectivity index (χ3v) is 5.47. The van der Waals surface area contributed by atoms with Crippen molar-refractivity contribution in [2.45, 2.75) is 18.2 Å². The van der Waals surface area contributed by atoms with Crippen LogP contribution in [0.5, 0.6) is 5.75 Å². The van der Waals surface area contributed by atoms with Crippen molar-refractivity contribution in [1.82, 2.24) is 20.4 Å². The van der Waals surface area contributed by atoms with Gasteiger partial charge in [0.2, 0.25) is 16.9 Å². The maximum absolute atomic E-state index is 12.3. The third-order valence-electron chi connectivity index (χ3n) is 3.52. The number of rotatable bonds is 10. The Morgan fingerprint density at radius 1 is 1.26 bits per heavy atom. The quantitative estimate of drug-likeness (QED) is 0.582. The molecular weight excluding hydrogens is 386 g/mol. The molecule has 0 saturated heterocycles. The van der Waals surface area contributed by atoms with Gasteiger partial charge in [-0.3, -0.25) is 9.59 Å². The first-order valence-corrected chi connectivity index (χ1v) is 10.3. The van der Waals surface area contributed by atoms with Crippen molar-refractivity contribution in [2.75, 3.05) is 37.8 Å². The van der Waals surface area contributed by atoms with Crippen molar-refractivity contribution >= 4 is 45.7 Å². The normalized spacial score (nSPS) is 10.3. The number of hydrogen-bond donors (Lipinski definition) is 2. The molecule has 0 saturated carbocycles. The van der Waals surface area contributed by atoms with E-state index < -0.39 is 0 Å². The number of ether oxygens (including phenoxy) is 1. The van der Waals surface area contributed by atoms with Crippen molar-refractivity contribution in [3.8, 4) is 5.75 Å². The van der Waals surface area contributed by atoms with Crippen molar-refractivity contribution < 1.29 is 14.3 Å². The molecule has 0 aliphatic carbocycles. The van der Waals surface area contributed by atoms with Gasteiger partial charge in [0.05, 0.1) is 25.1 Å². The second-order valence-electron chi connectivity index (χ2n) is 5.35. The first-order chi connectivity index (χ1) is 13.1. The van der Waals surface area contributed by atoms with E-state index in [4.69, 9.17) is 4.74 Å². The lowest BCUT2D eigenvalue weighted by Crippen LogP contribution is -2.41. The average molecular weight is 410 g/mol. The number of carbonyl (C=O) groups is 2. The highest BCUT2D eigenvalue weighted by Crippen LogP contribution is 2.31. The van der Waals surface area contributed by atoms with Crippen molar-refractivity contribution in [3.63, 3.8) is 0 Å². The van der Waals surface area contributed by atoms with Crippen molar-refractivity contribution in [2.24, 2.45) is 0 Å². The monoisotopic (exact) mass is 409 g/mol. The number of para-hydroxylation sites is 2. The van der Waals surface area contributed by atoms with E-state index in [1.807, 2.05) is 38.1 Å². The molecule has 27 heavy (non-hydrogen) atoms. The summed E-state index contributed by atoms with van der Waals surface area (Å²) in [6.07, 6.45) is 0. The Balaban J connectivity index is 1.89. The van der Waals surface area contributed by atoms with Crippen LogP contribution in [0.15, 0.2) is 28.6 Å². The molecule has 8 nitrogen and oxygen atoms in total. The molecule has 2 N–H and O–H groups in total. The van der Waals surface area contributed by atoms with Gasteiger partial charge < -0.3 is 20.3 Å². The number of carbonyl (C=O) groups excluding carboxylic acids is 2. The van der Waals surface area contributed by atoms with Gasteiger partial charge in [0.15, 0.2) is 4.34 Å². The number of benzene rings is 1. The number of nitrogens with one attached hydrogen (secondary N) is 2. The lowest BCUT2D eigenvalue weighted by Gasteiger charge is -2.19. The minimum atomic E-state index is -0.156. The van der Waals surface area contributed by atoms with Gasteiger partial charge in [-0.1, -0.05) is 35.2 Å². The van der Waals surface area contributed by atoms with Crippen molar-refractivity contribution in [3.05, 3.63) is 24.3 Å². The van der Waals surface area contributed by atoms with E-state index >= 15 is 0 Å². The first kappa shape index (κ1) is 21.0. The molecule has 1 aromatic carbocycles. The first-order valence-electron chi connectivity index (χ1n) is 8.48. The highest BCUT2D eigenvalue weighted by molar-refractivity contribution is 8.01.